The van der Waals surface area contributed by atoms with Crippen LogP contribution in [0.2, 0.25) is 0 Å². The van der Waals surface area contributed by atoms with Crippen LogP contribution in [0.25, 0.3) is 11.0 Å². The van der Waals surface area contributed by atoms with Gasteiger partial charge in [0, 0.05) is 16.5 Å². The minimum Gasteiger partial charge on any atom is -0.548 e. The topological polar surface area (TPSA) is 109 Å². The second-order valence-electron chi connectivity index (χ2n) is 7.90. The largest absolute Gasteiger partial charge is 0.548 e. The summed E-state index contributed by atoms with van der Waals surface area (Å²) in [6.07, 6.45) is 4.48. The first-order chi connectivity index (χ1) is 14.3. The molecule has 0 saturated carbocycles. The Morgan fingerprint density at radius 3 is 2.60 bits per heavy atom. The van der Waals surface area contributed by atoms with Crippen LogP contribution in [-0.4, -0.2) is 24.0 Å². The van der Waals surface area contributed by atoms with E-state index in [2.05, 4.69) is 5.32 Å². The third-order valence-corrected chi connectivity index (χ3v) is 5.71. The zero-order valence-corrected chi connectivity index (χ0v) is 17.7. The summed E-state index contributed by atoms with van der Waals surface area (Å²) in [6, 6.07) is 2.58. The maximum Gasteiger partial charge on any atom is 0.339 e. The van der Waals surface area contributed by atoms with Crippen LogP contribution in [-0.2, 0) is 22.4 Å². The van der Waals surface area contributed by atoms with Gasteiger partial charge >= 0.3 is 5.63 Å². The molecular formula is C23H28NO6-. The Morgan fingerprint density at radius 2 is 1.93 bits per heavy atom. The van der Waals surface area contributed by atoms with Gasteiger partial charge in [0.1, 0.15) is 11.3 Å². The van der Waals surface area contributed by atoms with E-state index in [1.165, 1.54) is 0 Å². The molecule has 30 heavy (non-hydrogen) atoms. The molecule has 7 nitrogen and oxygen atoms in total. The average molecular weight is 414 g/mol. The van der Waals surface area contributed by atoms with E-state index in [0.717, 1.165) is 48.6 Å². The Morgan fingerprint density at radius 1 is 1.23 bits per heavy atom. The molecule has 0 bridgehead atoms. The van der Waals surface area contributed by atoms with Crippen LogP contribution in [0.1, 0.15) is 62.6 Å². The number of carbonyl (C=O) groups is 2. The van der Waals surface area contributed by atoms with E-state index in [1.54, 1.807) is 19.9 Å². The number of unbranched alkanes of at least 4 members (excludes halogenated alkanes) is 1. The molecular weight excluding hydrogens is 386 g/mol. The lowest BCUT2D eigenvalue weighted by atomic mass is 9.90. The van der Waals surface area contributed by atoms with Crippen molar-refractivity contribution in [2.45, 2.75) is 77.9 Å². The summed E-state index contributed by atoms with van der Waals surface area (Å²) in [5.41, 5.74) is 2.60. The lowest BCUT2D eigenvalue weighted by Crippen LogP contribution is -2.51. The predicted octanol–water partition coefficient (Wildman–Crippen LogP) is 2.17. The normalized spacial score (nSPS) is 15.3. The van der Waals surface area contributed by atoms with Crippen molar-refractivity contribution in [2.75, 3.05) is 0 Å². The number of hydrogen-bond acceptors (Lipinski definition) is 6. The third-order valence-electron chi connectivity index (χ3n) is 5.71. The number of amides is 1. The first kappa shape index (κ1) is 21.9. The fourth-order valence-corrected chi connectivity index (χ4v) is 3.94. The molecule has 1 aromatic carbocycles. The van der Waals surface area contributed by atoms with Gasteiger partial charge in [0.15, 0.2) is 6.10 Å². The Kier molecular flexibility index (Phi) is 6.80. The van der Waals surface area contributed by atoms with Gasteiger partial charge in [-0.15, -0.1) is 0 Å². The molecule has 1 aliphatic carbocycles. The monoisotopic (exact) mass is 414 g/mol. The molecule has 1 heterocycles. The third kappa shape index (κ3) is 4.50. The summed E-state index contributed by atoms with van der Waals surface area (Å²) in [6.45, 7) is 5.28. The number of ether oxygens (including phenoxy) is 1. The SMILES string of the molecule is CCCC[C@@H](NC(=O)[C@@H](C)Oc1ccc2c3c(c(=O)oc2c1C)CCCC3)C(=O)[O-]. The highest BCUT2D eigenvalue weighted by atomic mass is 16.5. The predicted molar refractivity (Wildman–Crippen MR) is 110 cm³/mol. The van der Waals surface area contributed by atoms with Crippen molar-refractivity contribution >= 4 is 22.8 Å². The van der Waals surface area contributed by atoms with Crippen LogP contribution >= 0.6 is 0 Å². The summed E-state index contributed by atoms with van der Waals surface area (Å²) >= 11 is 0. The first-order valence-corrected chi connectivity index (χ1v) is 10.6. The quantitative estimate of drug-likeness (QED) is 0.663. The number of carboxylic acids is 1. The van der Waals surface area contributed by atoms with Gasteiger partial charge < -0.3 is 24.4 Å². The van der Waals surface area contributed by atoms with E-state index in [0.29, 0.717) is 29.7 Å². The molecule has 1 amide bonds. The van der Waals surface area contributed by atoms with Crippen LogP contribution in [0.15, 0.2) is 21.3 Å². The van der Waals surface area contributed by atoms with Gasteiger partial charge in [0.25, 0.3) is 5.91 Å². The van der Waals surface area contributed by atoms with E-state index >= 15 is 0 Å². The molecule has 2 aromatic rings. The molecule has 3 rings (SSSR count). The zero-order chi connectivity index (χ0) is 21.8. The highest BCUT2D eigenvalue weighted by Gasteiger charge is 2.23. The van der Waals surface area contributed by atoms with Crippen molar-refractivity contribution in [3.05, 3.63) is 39.2 Å². The summed E-state index contributed by atoms with van der Waals surface area (Å²) in [5.74, 6) is -1.42. The number of nitrogens with one attached hydrogen (secondary N) is 1. The number of carbonyl (C=O) groups excluding carboxylic acids is 2. The van der Waals surface area contributed by atoms with Crippen molar-refractivity contribution in [3.63, 3.8) is 0 Å². The number of fused-ring (bicyclic) bond motifs is 3. The van der Waals surface area contributed by atoms with Gasteiger partial charge in [0.05, 0.1) is 12.0 Å². The average Bonchev–Trinajstić information content (AvgIpc) is 2.73. The molecule has 7 heteroatoms. The molecule has 0 radical (unpaired) electrons. The van der Waals surface area contributed by atoms with Crippen LogP contribution in [0.5, 0.6) is 5.75 Å². The summed E-state index contributed by atoms with van der Waals surface area (Å²) in [7, 11) is 0. The van der Waals surface area contributed by atoms with Crippen molar-refractivity contribution < 1.29 is 23.8 Å². The Bertz CT molecular complexity index is 1010. The van der Waals surface area contributed by atoms with Gasteiger partial charge in [-0.3, -0.25) is 4.79 Å². The van der Waals surface area contributed by atoms with E-state index in [9.17, 15) is 19.5 Å². The van der Waals surface area contributed by atoms with Gasteiger partial charge in [-0.05, 0) is 63.6 Å². The second kappa shape index (κ2) is 9.32. The number of aliphatic carboxylic acids is 1. The zero-order valence-electron chi connectivity index (χ0n) is 17.7. The number of benzene rings is 1. The molecule has 0 spiro atoms. The van der Waals surface area contributed by atoms with E-state index in [-0.39, 0.29) is 5.63 Å². The molecule has 0 fully saturated rings. The lowest BCUT2D eigenvalue weighted by molar-refractivity contribution is -0.308. The summed E-state index contributed by atoms with van der Waals surface area (Å²) in [5, 5.41) is 14.6. The molecule has 162 valence electrons. The number of carboxylic acid groups (broad SMARTS) is 1. The van der Waals surface area contributed by atoms with Gasteiger partial charge in [0.2, 0.25) is 0 Å². The minimum atomic E-state index is -1.31. The molecule has 1 aliphatic rings. The Labute approximate surface area is 175 Å². The fraction of sp³-hybridized carbons (Fsp3) is 0.522. The Hall–Kier alpha value is -2.83. The molecule has 0 unspecified atom stereocenters. The molecule has 0 aliphatic heterocycles. The van der Waals surface area contributed by atoms with Crippen molar-refractivity contribution in [2.24, 2.45) is 0 Å². The Balaban J connectivity index is 1.81. The lowest BCUT2D eigenvalue weighted by Gasteiger charge is -2.23. The fourth-order valence-electron chi connectivity index (χ4n) is 3.94. The van der Waals surface area contributed by atoms with Gasteiger partial charge in [-0.2, -0.15) is 0 Å². The van der Waals surface area contributed by atoms with E-state index < -0.39 is 24.0 Å². The minimum absolute atomic E-state index is 0.308. The standard InChI is InChI=1S/C23H29NO6/c1-4-5-10-18(22(26)27)24-21(25)14(3)29-19-12-11-16-15-8-6-7-9-17(15)23(28)30-20(16)13(19)2/h11-12,14,18H,4-10H2,1-3H3,(H,24,25)(H,26,27)/p-1/t14-,18-/m1/s1. The van der Waals surface area contributed by atoms with Crippen LogP contribution in [0.3, 0.4) is 0 Å². The summed E-state index contributed by atoms with van der Waals surface area (Å²) < 4.78 is 11.4. The number of hydrogen-bond donors (Lipinski definition) is 1. The second-order valence-corrected chi connectivity index (χ2v) is 7.90. The van der Waals surface area contributed by atoms with Crippen molar-refractivity contribution in [1.29, 1.82) is 0 Å². The van der Waals surface area contributed by atoms with Crippen molar-refractivity contribution in [1.82, 2.24) is 5.32 Å². The van der Waals surface area contributed by atoms with E-state index in [1.807, 2.05) is 13.0 Å². The van der Waals surface area contributed by atoms with Gasteiger partial charge in [-0.25, -0.2) is 4.79 Å². The van der Waals surface area contributed by atoms with Crippen LogP contribution in [0, 0.1) is 6.92 Å². The molecule has 2 atom stereocenters. The first-order valence-electron chi connectivity index (χ1n) is 10.6. The maximum absolute atomic E-state index is 12.4. The van der Waals surface area contributed by atoms with Crippen LogP contribution < -0.4 is 20.8 Å². The number of rotatable bonds is 8. The van der Waals surface area contributed by atoms with E-state index in [4.69, 9.17) is 9.15 Å². The molecule has 0 saturated heterocycles. The number of aryl methyl sites for hydroxylation is 2. The van der Waals surface area contributed by atoms with Gasteiger partial charge in [-0.1, -0.05) is 19.8 Å². The van der Waals surface area contributed by atoms with Crippen LogP contribution in [0.4, 0.5) is 0 Å². The van der Waals surface area contributed by atoms with Crippen molar-refractivity contribution in [3.8, 4) is 5.75 Å². The molecule has 1 aromatic heterocycles. The maximum atomic E-state index is 12.4. The summed E-state index contributed by atoms with van der Waals surface area (Å²) in [4.78, 5) is 36.1. The highest BCUT2D eigenvalue weighted by Crippen LogP contribution is 2.32. The highest BCUT2D eigenvalue weighted by molar-refractivity contribution is 5.87. The molecule has 1 N–H and O–H groups in total. The smallest absolute Gasteiger partial charge is 0.339 e.